The monoisotopic (exact) mass is 417 g/mol. The number of anilines is 1. The Kier molecular flexibility index (Phi) is 4.90. The summed E-state index contributed by atoms with van der Waals surface area (Å²) in [6, 6.07) is 12.3. The SMILES string of the molecule is Cc1cccc(N2C(=O)NC(=O)/C(=C\c3ccc4c(ccn4[C@@H](C)C(=O)O)c3)C2=O)c1. The number of aliphatic carboxylic acids is 1. The van der Waals surface area contributed by atoms with E-state index in [2.05, 4.69) is 5.32 Å². The largest absolute Gasteiger partial charge is 0.480 e. The molecule has 1 atom stereocenters. The summed E-state index contributed by atoms with van der Waals surface area (Å²) in [6.45, 7) is 3.42. The molecule has 0 spiro atoms. The number of nitrogens with one attached hydrogen (secondary N) is 1. The Balaban J connectivity index is 1.72. The van der Waals surface area contributed by atoms with Crippen LogP contribution >= 0.6 is 0 Å². The van der Waals surface area contributed by atoms with Gasteiger partial charge in [-0.05, 0) is 61.4 Å². The zero-order valence-electron chi connectivity index (χ0n) is 16.8. The van der Waals surface area contributed by atoms with Crippen LogP contribution in [0, 0.1) is 6.92 Å². The fourth-order valence-electron chi connectivity index (χ4n) is 3.55. The van der Waals surface area contributed by atoms with Crippen LogP contribution in [-0.2, 0) is 14.4 Å². The minimum Gasteiger partial charge on any atom is -0.480 e. The number of carbonyl (C=O) groups excluding carboxylic acids is 3. The zero-order chi connectivity index (χ0) is 22.3. The third kappa shape index (κ3) is 3.59. The van der Waals surface area contributed by atoms with Gasteiger partial charge in [-0.1, -0.05) is 18.2 Å². The molecule has 0 aliphatic carbocycles. The van der Waals surface area contributed by atoms with Gasteiger partial charge in [0.25, 0.3) is 11.8 Å². The number of nitrogens with zero attached hydrogens (tertiary/aromatic N) is 2. The fraction of sp³-hybridized carbons (Fsp3) is 0.130. The van der Waals surface area contributed by atoms with Gasteiger partial charge in [0, 0.05) is 17.1 Å². The van der Waals surface area contributed by atoms with Gasteiger partial charge in [-0.3, -0.25) is 14.9 Å². The number of urea groups is 1. The van der Waals surface area contributed by atoms with Crippen LogP contribution in [-0.4, -0.2) is 33.5 Å². The minimum absolute atomic E-state index is 0.168. The number of carboxylic acid groups (broad SMARTS) is 1. The standard InChI is InChI=1S/C23H19N3O5/c1-13-4-3-5-17(10-13)26-21(28)18(20(27)24-23(26)31)12-15-6-7-19-16(11-15)8-9-25(19)14(2)22(29)30/h3-12,14H,1-2H3,(H,29,30)(H,24,27,31)/b18-12+/t14-/m0/s1. The van der Waals surface area contributed by atoms with E-state index in [4.69, 9.17) is 0 Å². The highest BCUT2D eigenvalue weighted by atomic mass is 16.4. The van der Waals surface area contributed by atoms with Crippen molar-refractivity contribution in [3.8, 4) is 0 Å². The number of rotatable bonds is 4. The van der Waals surface area contributed by atoms with Gasteiger partial charge in [0.2, 0.25) is 0 Å². The lowest BCUT2D eigenvalue weighted by Gasteiger charge is -2.26. The molecule has 3 aromatic rings. The first-order chi connectivity index (χ1) is 14.8. The van der Waals surface area contributed by atoms with Crippen LogP contribution in [0.1, 0.15) is 24.1 Å². The van der Waals surface area contributed by atoms with Crippen LogP contribution in [0.4, 0.5) is 10.5 Å². The maximum atomic E-state index is 13.0. The number of benzene rings is 2. The lowest BCUT2D eigenvalue weighted by molar-refractivity contribution is -0.140. The van der Waals surface area contributed by atoms with Gasteiger partial charge >= 0.3 is 12.0 Å². The molecular formula is C23H19N3O5. The van der Waals surface area contributed by atoms with Gasteiger partial charge in [0.1, 0.15) is 11.6 Å². The molecule has 1 aromatic heterocycles. The van der Waals surface area contributed by atoms with Gasteiger partial charge in [-0.25, -0.2) is 14.5 Å². The molecular weight excluding hydrogens is 398 g/mol. The Morgan fingerprint density at radius 1 is 1.10 bits per heavy atom. The van der Waals surface area contributed by atoms with E-state index >= 15 is 0 Å². The van der Waals surface area contributed by atoms with Crippen molar-refractivity contribution in [1.82, 2.24) is 9.88 Å². The van der Waals surface area contributed by atoms with E-state index in [0.29, 0.717) is 16.8 Å². The summed E-state index contributed by atoms with van der Waals surface area (Å²) in [4.78, 5) is 49.9. The van der Waals surface area contributed by atoms with Gasteiger partial charge in [-0.2, -0.15) is 0 Å². The predicted molar refractivity (Wildman–Crippen MR) is 114 cm³/mol. The highest BCUT2D eigenvalue weighted by Crippen LogP contribution is 2.25. The molecule has 31 heavy (non-hydrogen) atoms. The van der Waals surface area contributed by atoms with Crippen LogP contribution in [0.2, 0.25) is 0 Å². The van der Waals surface area contributed by atoms with E-state index in [0.717, 1.165) is 15.8 Å². The number of carboxylic acids is 1. The zero-order valence-corrected chi connectivity index (χ0v) is 16.8. The van der Waals surface area contributed by atoms with Crippen LogP contribution < -0.4 is 10.2 Å². The molecule has 156 valence electrons. The quantitative estimate of drug-likeness (QED) is 0.500. The average Bonchev–Trinajstić information content (AvgIpc) is 3.13. The summed E-state index contributed by atoms with van der Waals surface area (Å²) in [6.07, 6.45) is 3.10. The molecule has 2 aromatic carbocycles. The van der Waals surface area contributed by atoms with Crippen molar-refractivity contribution in [1.29, 1.82) is 0 Å². The van der Waals surface area contributed by atoms with Crippen molar-refractivity contribution in [2.75, 3.05) is 4.90 Å². The van der Waals surface area contributed by atoms with Crippen LogP contribution in [0.5, 0.6) is 0 Å². The topological polar surface area (TPSA) is 109 Å². The van der Waals surface area contributed by atoms with Gasteiger partial charge in [-0.15, -0.1) is 0 Å². The highest BCUT2D eigenvalue weighted by Gasteiger charge is 2.36. The van der Waals surface area contributed by atoms with E-state index in [9.17, 15) is 24.3 Å². The van der Waals surface area contributed by atoms with Crippen LogP contribution in [0.3, 0.4) is 0 Å². The summed E-state index contributed by atoms with van der Waals surface area (Å²) in [7, 11) is 0. The van der Waals surface area contributed by atoms with Gasteiger partial charge in [0.05, 0.1) is 5.69 Å². The predicted octanol–water partition coefficient (Wildman–Crippen LogP) is 3.26. The Labute approximate surface area is 177 Å². The van der Waals surface area contributed by atoms with E-state index in [-0.39, 0.29) is 5.57 Å². The van der Waals surface area contributed by atoms with Crippen molar-refractivity contribution in [3.63, 3.8) is 0 Å². The molecule has 1 aliphatic rings. The first kappa shape index (κ1) is 20.1. The van der Waals surface area contributed by atoms with Crippen molar-refractivity contribution < 1.29 is 24.3 Å². The van der Waals surface area contributed by atoms with Crippen molar-refractivity contribution in [2.24, 2.45) is 0 Å². The summed E-state index contributed by atoms with van der Waals surface area (Å²) in [5.74, 6) is -2.43. The smallest absolute Gasteiger partial charge is 0.335 e. The molecule has 0 saturated carbocycles. The summed E-state index contributed by atoms with van der Waals surface area (Å²) in [5, 5.41) is 12.2. The van der Waals surface area contributed by atoms with Crippen molar-refractivity contribution in [3.05, 3.63) is 71.4 Å². The Hall–Kier alpha value is -4.20. The second kappa shape index (κ2) is 7.56. The first-order valence-electron chi connectivity index (χ1n) is 9.58. The van der Waals surface area contributed by atoms with E-state index < -0.39 is 29.9 Å². The Bertz CT molecular complexity index is 1290. The molecule has 1 fully saturated rings. The number of aryl methyl sites for hydroxylation is 1. The highest BCUT2D eigenvalue weighted by molar-refractivity contribution is 6.39. The molecule has 1 saturated heterocycles. The molecule has 0 unspecified atom stereocenters. The molecule has 2 heterocycles. The second-order valence-electron chi connectivity index (χ2n) is 7.35. The number of imide groups is 2. The number of hydrogen-bond acceptors (Lipinski definition) is 4. The molecule has 0 bridgehead atoms. The summed E-state index contributed by atoms with van der Waals surface area (Å²) >= 11 is 0. The molecule has 1 aliphatic heterocycles. The third-order valence-electron chi connectivity index (χ3n) is 5.19. The Morgan fingerprint density at radius 3 is 2.58 bits per heavy atom. The molecule has 8 nitrogen and oxygen atoms in total. The van der Waals surface area contributed by atoms with E-state index in [1.165, 1.54) is 6.08 Å². The number of hydrogen-bond donors (Lipinski definition) is 2. The van der Waals surface area contributed by atoms with Gasteiger partial charge in [0.15, 0.2) is 0 Å². The van der Waals surface area contributed by atoms with Crippen molar-refractivity contribution >= 4 is 46.5 Å². The number of carbonyl (C=O) groups is 4. The third-order valence-corrected chi connectivity index (χ3v) is 5.19. The lowest BCUT2D eigenvalue weighted by atomic mass is 10.1. The number of barbiturate groups is 1. The maximum Gasteiger partial charge on any atom is 0.335 e. The summed E-state index contributed by atoms with van der Waals surface area (Å²) in [5.41, 5.74) is 2.36. The average molecular weight is 417 g/mol. The van der Waals surface area contributed by atoms with Crippen LogP contribution in [0.15, 0.2) is 60.3 Å². The molecule has 4 rings (SSSR count). The number of amides is 4. The minimum atomic E-state index is -0.950. The van der Waals surface area contributed by atoms with Crippen molar-refractivity contribution in [2.45, 2.75) is 19.9 Å². The normalized spacial score (nSPS) is 16.6. The van der Waals surface area contributed by atoms with Crippen LogP contribution in [0.25, 0.3) is 17.0 Å². The second-order valence-corrected chi connectivity index (χ2v) is 7.35. The summed E-state index contributed by atoms with van der Waals surface area (Å²) < 4.78 is 1.63. The molecule has 4 amide bonds. The first-order valence-corrected chi connectivity index (χ1v) is 9.58. The maximum absolute atomic E-state index is 13.0. The number of fused-ring (bicyclic) bond motifs is 1. The molecule has 2 N–H and O–H groups in total. The number of aromatic nitrogens is 1. The van der Waals surface area contributed by atoms with E-state index in [1.807, 2.05) is 13.0 Å². The van der Waals surface area contributed by atoms with E-state index in [1.54, 1.807) is 60.2 Å². The fourth-order valence-corrected chi connectivity index (χ4v) is 3.55. The molecule has 8 heteroatoms. The molecule has 0 radical (unpaired) electrons. The Morgan fingerprint density at radius 2 is 1.87 bits per heavy atom. The lowest BCUT2D eigenvalue weighted by Crippen LogP contribution is -2.54. The van der Waals surface area contributed by atoms with Gasteiger partial charge < -0.3 is 9.67 Å².